The zero-order valence-electron chi connectivity index (χ0n) is 2.14. The quantitative estimate of drug-likeness (QED) is 0.586. The third-order valence-corrected chi connectivity index (χ3v) is 0. The van der Waals surface area contributed by atoms with Crippen LogP contribution in [0.4, 0.5) is 0 Å². The Bertz CT molecular complexity index is 76.3. The van der Waals surface area contributed by atoms with E-state index in [2.05, 4.69) is 0 Å². The predicted molar refractivity (Wildman–Crippen MR) is 2.06 cm³/mol. The van der Waals surface area contributed by atoms with E-state index in [1.807, 2.05) is 0 Å². The molecule has 0 aliphatic heterocycles. The molecule has 5 heavy (non-hydrogen) atoms. The van der Waals surface area contributed by atoms with E-state index in [4.69, 9.17) is 11.6 Å². The molecular formula is CoLaO3. The molecule has 0 spiro atoms. The SMILES string of the molecule is [La].[O]=[Co](=[O])=[O]. The fraction of sp³-hybridized carbons (Fsp3) is 0. The zero-order valence-corrected chi connectivity index (χ0v) is 6.80. The Morgan fingerprint density at radius 2 is 1.00 bits per heavy atom. The Labute approximate surface area is 60.1 Å². The molecule has 30 valence electrons. The molecule has 0 amide bonds. The molecule has 0 aromatic rings. The van der Waals surface area contributed by atoms with Crippen LogP contribution in [0, 0.1) is 35.6 Å². The summed E-state index contributed by atoms with van der Waals surface area (Å²) in [5.41, 5.74) is 0. The van der Waals surface area contributed by atoms with Crippen LogP contribution in [0.15, 0.2) is 0 Å². The molecule has 0 saturated carbocycles. The predicted octanol–water partition coefficient (Wildman–Crippen LogP) is -0.359. The van der Waals surface area contributed by atoms with Crippen molar-refractivity contribution in [3.05, 3.63) is 0 Å². The Hall–Kier alpha value is 1.10. The van der Waals surface area contributed by atoms with Gasteiger partial charge in [0, 0.05) is 35.6 Å². The van der Waals surface area contributed by atoms with Gasteiger partial charge in [-0.15, -0.1) is 0 Å². The number of rotatable bonds is 0. The maximum absolute atomic E-state index is 8.48. The fourth-order valence-corrected chi connectivity index (χ4v) is 0. The number of hydrogen-bond donors (Lipinski definition) is 0. The minimum absolute atomic E-state index is 0. The Kier molecular flexibility index (Phi) is 9.63. The van der Waals surface area contributed by atoms with Gasteiger partial charge in [-0.2, -0.15) is 0 Å². The van der Waals surface area contributed by atoms with E-state index in [1.165, 1.54) is 0 Å². The molecule has 1 radical (unpaired) electrons. The van der Waals surface area contributed by atoms with E-state index < -0.39 is 13.4 Å². The molecule has 0 fully saturated rings. The molecule has 0 aromatic heterocycles. The molecule has 0 saturated heterocycles. The monoisotopic (exact) mass is 246 g/mol. The first-order chi connectivity index (χ1) is 1.73. The average molecular weight is 246 g/mol. The van der Waals surface area contributed by atoms with Crippen LogP contribution in [0.25, 0.3) is 0 Å². The van der Waals surface area contributed by atoms with E-state index in [0.29, 0.717) is 0 Å². The van der Waals surface area contributed by atoms with E-state index in [0.717, 1.165) is 0 Å². The summed E-state index contributed by atoms with van der Waals surface area (Å²) in [6, 6.07) is 0. The van der Waals surface area contributed by atoms with Crippen LogP contribution in [0.1, 0.15) is 0 Å². The third kappa shape index (κ3) is 40.5. The normalized spacial score (nSPS) is 6.60. The van der Waals surface area contributed by atoms with Crippen molar-refractivity contribution in [1.82, 2.24) is 0 Å². The van der Waals surface area contributed by atoms with Crippen molar-refractivity contribution in [3.63, 3.8) is 0 Å². The van der Waals surface area contributed by atoms with Gasteiger partial charge < -0.3 is 0 Å². The van der Waals surface area contributed by atoms with Gasteiger partial charge in [-0.05, 0) is 0 Å². The van der Waals surface area contributed by atoms with Crippen LogP contribution in [0.2, 0.25) is 0 Å². The Morgan fingerprint density at radius 1 is 1.00 bits per heavy atom. The van der Waals surface area contributed by atoms with E-state index >= 15 is 0 Å². The summed E-state index contributed by atoms with van der Waals surface area (Å²) < 4.78 is 25.4. The van der Waals surface area contributed by atoms with E-state index in [9.17, 15) is 0 Å². The van der Waals surface area contributed by atoms with Crippen LogP contribution in [-0.4, -0.2) is 0 Å². The summed E-state index contributed by atoms with van der Waals surface area (Å²) in [6.07, 6.45) is 0. The van der Waals surface area contributed by atoms with Gasteiger partial charge in [-0.25, -0.2) is 0 Å². The van der Waals surface area contributed by atoms with Gasteiger partial charge >= 0.3 is 25.0 Å². The Morgan fingerprint density at radius 3 is 1.00 bits per heavy atom. The molecule has 0 aliphatic carbocycles. The topological polar surface area (TPSA) is 51.2 Å². The van der Waals surface area contributed by atoms with Crippen molar-refractivity contribution in [2.24, 2.45) is 0 Å². The summed E-state index contributed by atoms with van der Waals surface area (Å²) in [4.78, 5) is 0. The molecule has 0 unspecified atom stereocenters. The van der Waals surface area contributed by atoms with Crippen LogP contribution < -0.4 is 0 Å². The maximum atomic E-state index is 8.48. The van der Waals surface area contributed by atoms with Crippen molar-refractivity contribution >= 4 is 0 Å². The molecular weight excluding hydrogens is 246 g/mol. The van der Waals surface area contributed by atoms with Crippen LogP contribution in [0.5, 0.6) is 0 Å². The van der Waals surface area contributed by atoms with E-state index in [-0.39, 0.29) is 35.6 Å². The molecule has 5 heteroatoms. The second kappa shape index (κ2) is 5.10. The summed E-state index contributed by atoms with van der Waals surface area (Å²) in [5, 5.41) is 0. The van der Waals surface area contributed by atoms with Crippen molar-refractivity contribution in [2.45, 2.75) is 0 Å². The first kappa shape index (κ1) is 9.44. The van der Waals surface area contributed by atoms with E-state index in [1.54, 1.807) is 0 Å². The first-order valence-electron chi connectivity index (χ1n) is 0.408. The van der Waals surface area contributed by atoms with Crippen molar-refractivity contribution in [3.8, 4) is 0 Å². The minimum atomic E-state index is -3.35. The van der Waals surface area contributed by atoms with Gasteiger partial charge in [-0.3, -0.25) is 0 Å². The van der Waals surface area contributed by atoms with Gasteiger partial charge in [-0.1, -0.05) is 0 Å². The number of hydrogen-bond acceptors (Lipinski definition) is 3. The molecule has 0 aliphatic rings. The molecule has 0 bridgehead atoms. The zero-order chi connectivity index (χ0) is 3.58. The van der Waals surface area contributed by atoms with Crippen LogP contribution in [-0.2, 0) is 25.0 Å². The molecule has 0 heterocycles. The molecule has 0 aromatic carbocycles. The first-order valence-corrected chi connectivity index (χ1v) is 1.68. The van der Waals surface area contributed by atoms with Gasteiger partial charge in [0.1, 0.15) is 0 Å². The molecule has 0 atom stereocenters. The molecule has 3 nitrogen and oxygen atoms in total. The summed E-state index contributed by atoms with van der Waals surface area (Å²) in [6.45, 7) is 0. The second-order valence-electron chi connectivity index (χ2n) is 0.167. The van der Waals surface area contributed by atoms with Crippen molar-refractivity contribution in [1.29, 1.82) is 0 Å². The Balaban J connectivity index is 0. The summed E-state index contributed by atoms with van der Waals surface area (Å²) in [5.74, 6) is 0. The third-order valence-electron chi connectivity index (χ3n) is 0. The van der Waals surface area contributed by atoms with Gasteiger partial charge in [0.2, 0.25) is 0 Å². The van der Waals surface area contributed by atoms with Crippen LogP contribution in [0.3, 0.4) is 0 Å². The summed E-state index contributed by atoms with van der Waals surface area (Å²) in [7, 11) is 0. The summed E-state index contributed by atoms with van der Waals surface area (Å²) >= 11 is -3.35. The van der Waals surface area contributed by atoms with Crippen molar-refractivity contribution in [2.75, 3.05) is 0 Å². The fourth-order valence-electron chi connectivity index (χ4n) is 0. The van der Waals surface area contributed by atoms with Gasteiger partial charge in [0.25, 0.3) is 0 Å². The second-order valence-corrected chi connectivity index (χ2v) is 0.687. The molecule has 0 rings (SSSR count). The average Bonchev–Trinajstić information content (AvgIpc) is 0.811. The van der Waals surface area contributed by atoms with Crippen LogP contribution >= 0.6 is 0 Å². The standard InChI is InChI=1S/Co.La.3O. The van der Waals surface area contributed by atoms with Gasteiger partial charge in [0.05, 0.1) is 0 Å². The molecule has 0 N–H and O–H groups in total. The van der Waals surface area contributed by atoms with Crippen molar-refractivity contribution < 1.29 is 60.6 Å². The van der Waals surface area contributed by atoms with Gasteiger partial charge in [0.15, 0.2) is 0 Å².